The number of allylic oxidation sites excluding steroid dienone is 10. The number of carboxylic acids is 1. The van der Waals surface area contributed by atoms with Crippen molar-refractivity contribution in [3.63, 3.8) is 0 Å². The van der Waals surface area contributed by atoms with E-state index in [4.69, 9.17) is 24.7 Å². The van der Waals surface area contributed by atoms with Crippen LogP contribution in [0.15, 0.2) is 72.9 Å². The zero-order chi connectivity index (χ0) is 48.4. The van der Waals surface area contributed by atoms with Crippen molar-refractivity contribution in [2.45, 2.75) is 189 Å². The average molecular weight is 926 g/mol. The van der Waals surface area contributed by atoms with E-state index in [1.807, 2.05) is 49.5 Å². The van der Waals surface area contributed by atoms with E-state index in [0.717, 1.165) is 12.8 Å². The highest BCUT2D eigenvalue weighted by Crippen LogP contribution is 2.38. The highest BCUT2D eigenvalue weighted by Gasteiger charge is 2.51. The number of nitrogens with two attached hydrogens (primary N) is 1. The number of cyclic esters (lactones) is 1. The lowest BCUT2D eigenvalue weighted by Gasteiger charge is -2.45. The third kappa shape index (κ3) is 18.8. The Balaban J connectivity index is 1.84. The van der Waals surface area contributed by atoms with Crippen molar-refractivity contribution in [1.29, 1.82) is 0 Å². The summed E-state index contributed by atoms with van der Waals surface area (Å²) >= 11 is 0. The van der Waals surface area contributed by atoms with Gasteiger partial charge in [-0.3, -0.25) is 9.59 Å². The quantitative estimate of drug-likeness (QED) is 0.175. The van der Waals surface area contributed by atoms with E-state index in [2.05, 4.69) is 0 Å². The van der Waals surface area contributed by atoms with Gasteiger partial charge >= 0.3 is 11.9 Å². The highest BCUT2D eigenvalue weighted by molar-refractivity contribution is 5.71. The summed E-state index contributed by atoms with van der Waals surface area (Å²) in [6.07, 6.45) is 2.28. The summed E-state index contributed by atoms with van der Waals surface area (Å²) in [5.74, 6) is -6.82. The van der Waals surface area contributed by atoms with Crippen LogP contribution in [-0.2, 0) is 28.5 Å². The van der Waals surface area contributed by atoms with Gasteiger partial charge in [-0.05, 0) is 52.4 Å². The summed E-state index contributed by atoms with van der Waals surface area (Å²) in [7, 11) is 0. The van der Waals surface area contributed by atoms with Gasteiger partial charge in [0.2, 0.25) is 0 Å². The number of aliphatic hydroxyl groups excluding tert-OH is 9. The molecule has 0 aromatic heterocycles. The molecule has 0 aliphatic carbocycles. The van der Waals surface area contributed by atoms with Crippen molar-refractivity contribution in [2.24, 2.45) is 23.5 Å². The second-order valence-corrected chi connectivity index (χ2v) is 17.8. The predicted molar refractivity (Wildman–Crippen MR) is 237 cm³/mol. The molecule has 0 aromatic rings. The molecule has 370 valence electrons. The maximum absolute atomic E-state index is 12.6. The van der Waals surface area contributed by atoms with Crippen LogP contribution in [0.1, 0.15) is 91.9 Å². The number of hydrogen-bond donors (Lipinski definition) is 12. The van der Waals surface area contributed by atoms with Gasteiger partial charge in [-0.15, -0.1) is 0 Å². The molecule has 3 rings (SSSR count). The van der Waals surface area contributed by atoms with E-state index in [1.165, 1.54) is 13.0 Å². The highest BCUT2D eigenvalue weighted by atomic mass is 16.7. The van der Waals surface area contributed by atoms with Crippen LogP contribution >= 0.6 is 0 Å². The normalized spacial score (nSPS) is 45.2. The van der Waals surface area contributed by atoms with Gasteiger partial charge in [-0.2, -0.15) is 0 Å². The fourth-order valence-corrected chi connectivity index (χ4v) is 8.11. The Hall–Kier alpha value is -3.18. The monoisotopic (exact) mass is 926 g/mol. The van der Waals surface area contributed by atoms with E-state index in [9.17, 15) is 65.8 Å². The Morgan fingerprint density at radius 2 is 1.28 bits per heavy atom. The second kappa shape index (κ2) is 27.6. The molecule has 65 heavy (non-hydrogen) atoms. The Morgan fingerprint density at radius 1 is 0.692 bits per heavy atom. The molecule has 13 N–H and O–H groups in total. The van der Waals surface area contributed by atoms with Crippen molar-refractivity contribution < 1.29 is 84.7 Å². The van der Waals surface area contributed by atoms with Gasteiger partial charge in [0.25, 0.3) is 0 Å². The van der Waals surface area contributed by atoms with Gasteiger partial charge in [-0.25, -0.2) is 0 Å². The number of carbonyl (C=O) groups excluding carboxylic acids is 1. The molecule has 0 aromatic carbocycles. The van der Waals surface area contributed by atoms with Crippen LogP contribution in [0.25, 0.3) is 0 Å². The van der Waals surface area contributed by atoms with Crippen LogP contribution in [0, 0.1) is 17.8 Å². The van der Waals surface area contributed by atoms with Gasteiger partial charge in [0.1, 0.15) is 18.1 Å². The Kier molecular flexibility index (Phi) is 23.8. The van der Waals surface area contributed by atoms with Crippen LogP contribution in [0.5, 0.6) is 0 Å². The van der Waals surface area contributed by atoms with Crippen LogP contribution in [-0.4, -0.2) is 166 Å². The lowest BCUT2D eigenvalue weighted by atomic mass is 9.82. The lowest BCUT2D eigenvalue weighted by molar-refractivity contribution is -0.310. The van der Waals surface area contributed by atoms with Crippen molar-refractivity contribution in [3.05, 3.63) is 72.9 Å². The molecule has 2 fully saturated rings. The minimum Gasteiger partial charge on any atom is -0.481 e. The lowest BCUT2D eigenvalue weighted by Crippen LogP contribution is -2.61. The zero-order valence-corrected chi connectivity index (χ0v) is 37.8. The Bertz CT molecular complexity index is 1620. The third-order valence-electron chi connectivity index (χ3n) is 12.2. The number of fused-ring (bicyclic) bond motifs is 2. The SMILES string of the molecule is C[C@@H]1[C@H](O)[C@H](C)/C=C/C=C/CC/C=C/C=C/C=C/C=C/[C@H](O[C@@H]2O[C@H](C)[C@H](O)[C@H](N)[C@@H]2O)C[C@H]2O[C@](O)(C[C@H](O)[C@@H]2C(=O)O)C[C@H](O)[C@H](O)CC[C@H](O)C[C@H](O)C[C@H](O)CC(=O)O[C@@H]1C. The van der Waals surface area contributed by atoms with Crippen LogP contribution in [0.2, 0.25) is 0 Å². The van der Waals surface area contributed by atoms with Gasteiger partial charge in [0.15, 0.2) is 12.1 Å². The van der Waals surface area contributed by atoms with Gasteiger partial charge < -0.3 is 80.9 Å². The van der Waals surface area contributed by atoms with Crippen LogP contribution in [0.4, 0.5) is 0 Å². The van der Waals surface area contributed by atoms with Gasteiger partial charge in [0, 0.05) is 31.1 Å². The number of carboxylic acid groups (broad SMARTS) is 1. The fourth-order valence-electron chi connectivity index (χ4n) is 8.11. The standard InChI is InChI=1S/C47H75NO17/c1-27-17-15-13-11-9-7-5-6-8-10-12-14-16-18-34(64-46-44(58)41(48)43(57)30(4)63-46)24-38-40(45(59)60)37(54)26-47(61,65-38)25-36(53)35(52)20-19-31(49)21-32(50)22-33(51)23-39(55)62-29(3)28(2)42(27)56/h5-6,8,10-18,27-38,40-44,46,49-54,56-58,61H,7,9,19-26,48H2,1-4H3,(H,59,60)/b6-5+,10-8+,13-11+,14-12+,17-15+,18-16+/t27-,28+,29-,30-,31+,32+,33+,34+,35-,36+,37+,38-,40+,41+,42-,43+,44+,46+,47+/m1/s1. The second-order valence-electron chi connectivity index (χ2n) is 17.8. The van der Waals surface area contributed by atoms with Gasteiger partial charge in [0.05, 0.1) is 79.6 Å². The Labute approximate surface area is 381 Å². The first-order chi connectivity index (χ1) is 30.6. The van der Waals surface area contributed by atoms with Crippen molar-refractivity contribution in [2.75, 3.05) is 0 Å². The van der Waals surface area contributed by atoms with E-state index in [1.54, 1.807) is 38.2 Å². The smallest absolute Gasteiger partial charge is 0.311 e. The first-order valence-corrected chi connectivity index (χ1v) is 22.6. The number of hydrogen-bond acceptors (Lipinski definition) is 17. The third-order valence-corrected chi connectivity index (χ3v) is 12.2. The number of esters is 1. The molecular formula is C47H75NO17. The first-order valence-electron chi connectivity index (χ1n) is 22.6. The van der Waals surface area contributed by atoms with E-state index in [-0.39, 0.29) is 38.0 Å². The number of aliphatic carboxylic acids is 1. The number of ether oxygens (including phenoxy) is 4. The minimum absolute atomic E-state index is 0.138. The predicted octanol–water partition coefficient (Wildman–Crippen LogP) is 0.936. The molecule has 0 saturated carbocycles. The topological polar surface area (TPSA) is 320 Å². The molecule has 0 unspecified atom stereocenters. The van der Waals surface area contributed by atoms with E-state index >= 15 is 0 Å². The molecule has 18 nitrogen and oxygen atoms in total. The number of carbonyl (C=O) groups is 2. The Morgan fingerprint density at radius 3 is 1.94 bits per heavy atom. The fraction of sp³-hybridized carbons (Fsp3) is 0.702. The molecule has 3 aliphatic heterocycles. The molecule has 0 amide bonds. The van der Waals surface area contributed by atoms with Crippen molar-refractivity contribution in [1.82, 2.24) is 0 Å². The molecule has 3 heterocycles. The first kappa shape index (κ1) is 56.1. The molecule has 0 radical (unpaired) electrons. The van der Waals surface area contributed by atoms with Gasteiger partial charge in [-0.1, -0.05) is 86.8 Å². The van der Waals surface area contributed by atoms with Crippen molar-refractivity contribution >= 4 is 11.9 Å². The molecule has 19 atom stereocenters. The van der Waals surface area contributed by atoms with E-state index in [0.29, 0.717) is 0 Å². The summed E-state index contributed by atoms with van der Waals surface area (Å²) in [6.45, 7) is 6.78. The summed E-state index contributed by atoms with van der Waals surface area (Å²) in [6, 6.07) is -1.14. The van der Waals surface area contributed by atoms with E-state index < -0.39 is 141 Å². The summed E-state index contributed by atoms with van der Waals surface area (Å²) in [5, 5.41) is 118. The summed E-state index contributed by atoms with van der Waals surface area (Å²) in [4.78, 5) is 25.1. The van der Waals surface area contributed by atoms with Crippen LogP contribution in [0.3, 0.4) is 0 Å². The molecular weight excluding hydrogens is 851 g/mol. The zero-order valence-electron chi connectivity index (χ0n) is 37.8. The maximum atomic E-state index is 12.6. The van der Waals surface area contributed by atoms with Crippen LogP contribution < -0.4 is 5.73 Å². The molecule has 2 saturated heterocycles. The molecule has 18 heteroatoms. The maximum Gasteiger partial charge on any atom is 0.311 e. The average Bonchev–Trinajstić information content (AvgIpc) is 3.21. The molecule has 2 bridgehead atoms. The number of rotatable bonds is 3. The number of aliphatic hydroxyl groups is 10. The molecule has 0 spiro atoms. The summed E-state index contributed by atoms with van der Waals surface area (Å²) < 4.78 is 23.2. The molecule has 3 aliphatic rings. The minimum atomic E-state index is -2.35. The summed E-state index contributed by atoms with van der Waals surface area (Å²) in [5.41, 5.74) is 6.02. The largest absolute Gasteiger partial charge is 0.481 e. The van der Waals surface area contributed by atoms with Crippen molar-refractivity contribution in [3.8, 4) is 0 Å².